The highest BCUT2D eigenvalue weighted by molar-refractivity contribution is 6.96. The van der Waals surface area contributed by atoms with Gasteiger partial charge in [0, 0.05) is 0 Å². The van der Waals surface area contributed by atoms with Crippen LogP contribution in [-0.4, -0.2) is 6.71 Å². The minimum absolute atomic E-state index is 0.238. The summed E-state index contributed by atoms with van der Waals surface area (Å²) < 4.78 is 0. The van der Waals surface area contributed by atoms with E-state index in [2.05, 4.69) is 120 Å². The molecule has 0 aliphatic heterocycles. The molecule has 0 fully saturated rings. The van der Waals surface area contributed by atoms with Gasteiger partial charge in [-0.15, -0.1) is 0 Å². The summed E-state index contributed by atoms with van der Waals surface area (Å²) in [6.45, 7) is 13.7. The normalized spacial score (nSPS) is 10.9. The third-order valence-corrected chi connectivity index (χ3v) is 6.62. The number of hydrogen-bond acceptors (Lipinski definition) is 0. The summed E-state index contributed by atoms with van der Waals surface area (Å²) in [5.41, 5.74) is 15.1. The lowest BCUT2D eigenvalue weighted by molar-refractivity contribution is 1.20. The number of aryl methyl sites for hydroxylation is 6. The van der Waals surface area contributed by atoms with Gasteiger partial charge in [0.2, 0.25) is 6.71 Å². The van der Waals surface area contributed by atoms with Crippen LogP contribution >= 0.6 is 0 Å². The average molecular weight is 416 g/mol. The topological polar surface area (TPSA) is 0 Å². The van der Waals surface area contributed by atoms with Crippen molar-refractivity contribution in [2.24, 2.45) is 0 Å². The van der Waals surface area contributed by atoms with Gasteiger partial charge in [-0.3, -0.25) is 0 Å². The molecule has 0 bridgehead atoms. The van der Waals surface area contributed by atoms with Crippen molar-refractivity contribution in [3.05, 3.63) is 123 Å². The molecule has 0 unspecified atom stereocenters. The van der Waals surface area contributed by atoms with E-state index in [0.717, 1.165) is 6.42 Å². The molecule has 0 spiro atoms. The quantitative estimate of drug-likeness (QED) is 0.369. The zero-order valence-corrected chi connectivity index (χ0v) is 20.3. The molecule has 160 valence electrons. The first kappa shape index (κ1) is 22.2. The lowest BCUT2D eigenvalue weighted by Gasteiger charge is -2.24. The Hall–Kier alpha value is -3.06. The summed E-state index contributed by atoms with van der Waals surface area (Å²) in [7, 11) is 0. The van der Waals surface area contributed by atoms with Crippen LogP contribution in [0.1, 0.15) is 44.5 Å². The molecule has 4 aromatic rings. The highest BCUT2D eigenvalue weighted by atomic mass is 14.1. The predicted molar refractivity (Wildman–Crippen MR) is 142 cm³/mol. The third-order valence-electron chi connectivity index (χ3n) is 6.62. The molecule has 0 radical (unpaired) electrons. The Kier molecular flexibility index (Phi) is 6.37. The highest BCUT2D eigenvalue weighted by Crippen LogP contribution is 2.14. The Morgan fingerprint density at radius 2 is 0.906 bits per heavy atom. The van der Waals surface area contributed by atoms with Crippen molar-refractivity contribution in [1.82, 2.24) is 0 Å². The molecule has 1 heteroatoms. The first-order valence-electron chi connectivity index (χ1n) is 11.6. The van der Waals surface area contributed by atoms with Crippen molar-refractivity contribution in [3.63, 3.8) is 0 Å². The molecule has 0 nitrogen and oxygen atoms in total. The SMILES string of the molecule is Cc1cc(C)c(B(c2ccc(Cc3ccccc3)cc2)c2c(C)cc(C)cc2C)c(C)c1. The zero-order valence-electron chi connectivity index (χ0n) is 20.3. The van der Waals surface area contributed by atoms with Crippen LogP contribution in [0.3, 0.4) is 0 Å². The molecule has 0 heterocycles. The molecule has 32 heavy (non-hydrogen) atoms. The predicted octanol–water partition coefficient (Wildman–Crippen LogP) is 5.64. The van der Waals surface area contributed by atoms with E-state index in [0.29, 0.717) is 0 Å². The number of rotatable bonds is 5. The summed E-state index contributed by atoms with van der Waals surface area (Å²) in [5.74, 6) is 0. The second-order valence-electron chi connectivity index (χ2n) is 9.46. The van der Waals surface area contributed by atoms with E-state index in [1.807, 2.05) is 0 Å². The molecule has 0 aromatic heterocycles. The van der Waals surface area contributed by atoms with E-state index < -0.39 is 0 Å². The van der Waals surface area contributed by atoms with Gasteiger partial charge in [0.25, 0.3) is 0 Å². The molecule has 0 atom stereocenters. The van der Waals surface area contributed by atoms with Gasteiger partial charge >= 0.3 is 0 Å². The Labute approximate surface area is 194 Å². The molecular weight excluding hydrogens is 383 g/mol. The Morgan fingerprint density at radius 1 is 0.500 bits per heavy atom. The fraction of sp³-hybridized carbons (Fsp3) is 0.226. The number of hydrogen-bond donors (Lipinski definition) is 0. The van der Waals surface area contributed by atoms with Crippen LogP contribution in [0.25, 0.3) is 0 Å². The maximum Gasteiger partial charge on any atom is 0.242 e. The highest BCUT2D eigenvalue weighted by Gasteiger charge is 2.28. The van der Waals surface area contributed by atoms with E-state index in [1.165, 1.54) is 60.9 Å². The van der Waals surface area contributed by atoms with Crippen molar-refractivity contribution in [3.8, 4) is 0 Å². The van der Waals surface area contributed by atoms with Crippen LogP contribution in [-0.2, 0) is 6.42 Å². The fourth-order valence-corrected chi connectivity index (χ4v) is 5.43. The van der Waals surface area contributed by atoms with E-state index in [1.54, 1.807) is 0 Å². The van der Waals surface area contributed by atoms with Crippen LogP contribution in [0.2, 0.25) is 0 Å². The van der Waals surface area contributed by atoms with Crippen LogP contribution < -0.4 is 16.4 Å². The standard InChI is InChI=1S/C31H33B/c1-21-16-23(3)30(24(4)17-21)32(31-25(5)18-22(2)19-26(31)6)29-14-12-28(13-15-29)20-27-10-8-7-9-11-27/h7-19H,20H2,1-6H3. The van der Waals surface area contributed by atoms with Gasteiger partial charge in [-0.25, -0.2) is 0 Å². The van der Waals surface area contributed by atoms with Gasteiger partial charge in [-0.1, -0.05) is 129 Å². The monoisotopic (exact) mass is 416 g/mol. The second kappa shape index (κ2) is 9.21. The lowest BCUT2D eigenvalue weighted by atomic mass is 9.34. The van der Waals surface area contributed by atoms with Crippen LogP contribution in [0.5, 0.6) is 0 Å². The molecule has 0 amide bonds. The average Bonchev–Trinajstić information content (AvgIpc) is 2.73. The summed E-state index contributed by atoms with van der Waals surface area (Å²) >= 11 is 0. The summed E-state index contributed by atoms with van der Waals surface area (Å²) in [6.07, 6.45) is 0.969. The zero-order chi connectivity index (χ0) is 22.8. The smallest absolute Gasteiger partial charge is 0.0686 e. The first-order valence-corrected chi connectivity index (χ1v) is 11.6. The van der Waals surface area contributed by atoms with E-state index in [9.17, 15) is 0 Å². The van der Waals surface area contributed by atoms with Crippen molar-refractivity contribution in [2.75, 3.05) is 0 Å². The minimum atomic E-state index is 0.238. The molecule has 4 aromatic carbocycles. The Bertz CT molecular complexity index is 1130. The van der Waals surface area contributed by atoms with Crippen LogP contribution in [0.4, 0.5) is 0 Å². The summed E-state index contributed by atoms with van der Waals surface area (Å²) in [4.78, 5) is 0. The van der Waals surface area contributed by atoms with Gasteiger partial charge in [0.1, 0.15) is 0 Å². The van der Waals surface area contributed by atoms with Gasteiger partial charge in [-0.05, 0) is 59.1 Å². The van der Waals surface area contributed by atoms with Gasteiger partial charge < -0.3 is 0 Å². The molecule has 0 aliphatic rings. The first-order chi connectivity index (χ1) is 15.3. The van der Waals surface area contributed by atoms with Gasteiger partial charge in [-0.2, -0.15) is 0 Å². The van der Waals surface area contributed by atoms with Crippen molar-refractivity contribution < 1.29 is 0 Å². The summed E-state index contributed by atoms with van der Waals surface area (Å²) in [5, 5.41) is 0. The second-order valence-corrected chi connectivity index (χ2v) is 9.46. The van der Waals surface area contributed by atoms with Crippen molar-refractivity contribution >= 4 is 23.1 Å². The third kappa shape index (κ3) is 4.58. The lowest BCUT2D eigenvalue weighted by Crippen LogP contribution is -2.55. The molecule has 0 N–H and O–H groups in total. The maximum atomic E-state index is 2.35. The van der Waals surface area contributed by atoms with Gasteiger partial charge in [0.15, 0.2) is 0 Å². The molecule has 0 saturated carbocycles. The van der Waals surface area contributed by atoms with E-state index >= 15 is 0 Å². The maximum absolute atomic E-state index is 2.35. The van der Waals surface area contributed by atoms with Crippen LogP contribution in [0, 0.1) is 41.5 Å². The van der Waals surface area contributed by atoms with E-state index in [4.69, 9.17) is 0 Å². The Balaban J connectivity index is 1.84. The largest absolute Gasteiger partial charge is 0.242 e. The molecule has 0 aliphatic carbocycles. The minimum Gasteiger partial charge on any atom is -0.0686 e. The van der Waals surface area contributed by atoms with E-state index in [-0.39, 0.29) is 6.71 Å². The Morgan fingerprint density at radius 3 is 1.34 bits per heavy atom. The van der Waals surface area contributed by atoms with Crippen molar-refractivity contribution in [2.45, 2.75) is 48.0 Å². The molecule has 0 saturated heterocycles. The molecule has 4 rings (SSSR count). The van der Waals surface area contributed by atoms with Crippen molar-refractivity contribution in [1.29, 1.82) is 0 Å². The number of benzene rings is 4. The van der Waals surface area contributed by atoms with Gasteiger partial charge in [0.05, 0.1) is 0 Å². The molecular formula is C31H33B. The van der Waals surface area contributed by atoms with Crippen LogP contribution in [0.15, 0.2) is 78.9 Å². The fourth-order valence-electron chi connectivity index (χ4n) is 5.43. The summed E-state index contributed by atoms with van der Waals surface area (Å²) in [6, 6.07) is 29.4.